The van der Waals surface area contributed by atoms with Crippen LogP contribution in [0, 0.1) is 13.8 Å². The fourth-order valence-electron chi connectivity index (χ4n) is 20.3. The molecule has 8 aliphatic heterocycles. The lowest BCUT2D eigenvalue weighted by molar-refractivity contribution is 0.660. The second kappa shape index (κ2) is 19.2. The van der Waals surface area contributed by atoms with Gasteiger partial charge >= 0.3 is 0 Å². The van der Waals surface area contributed by atoms with Crippen molar-refractivity contribution in [2.45, 2.75) is 33.1 Å². The number of hydrogen-bond donors (Lipinski definition) is 0. The highest BCUT2D eigenvalue weighted by molar-refractivity contribution is 7.06. The summed E-state index contributed by atoms with van der Waals surface area (Å²) in [5.74, 6) is 0. The highest BCUT2D eigenvalue weighted by Crippen LogP contribution is 2.58. The van der Waals surface area contributed by atoms with Crippen LogP contribution in [0.1, 0.15) is 36.1 Å². The molecular weight excluding hydrogens is 1200 g/mol. The van der Waals surface area contributed by atoms with Gasteiger partial charge < -0.3 is 29.4 Å². The zero-order valence-corrected chi connectivity index (χ0v) is 55.2. The van der Waals surface area contributed by atoms with Crippen LogP contribution in [0.3, 0.4) is 0 Å². The van der Waals surface area contributed by atoms with Gasteiger partial charge in [-0.15, -0.1) is 0 Å². The standard InChI is InChI=1S/C89H60B4N6/c1-53-83-79-87-81-85(53)96(57-33-13-7-14-34-57)77-51-61-59(49-69(77)92(81)67-41-21-27-47-75(67)98(87)73-45-25-19-39-65(73)90(79)63-37-17-23-43-71(63)94(83)55-29-9-5-10-30-55)60-50-70-78(52-62(60)89(61,3)4)97(58-35-15-8-16-36-58)86-54(2)84-80-88-82(86)93(70)68-42-22-28-48-76(68)99(88)74-46-26-20-40-66(74)91(80)64-38-18-24-44-72(64)95(84)56-31-11-6-12-32-56/h5-52H,1-4H3. The summed E-state index contributed by atoms with van der Waals surface area (Å²) in [4.78, 5) is 15.9. The molecule has 23 rings (SSSR count). The molecular formula is C89H60B4N6. The average Bonchev–Trinajstić information content (AvgIpc) is 1.23. The van der Waals surface area contributed by atoms with E-state index in [2.05, 4.69) is 348 Å². The number of nitrogens with zero attached hydrogens (tertiary/aromatic N) is 6. The molecule has 8 heterocycles. The number of para-hydroxylation sites is 10. The van der Waals surface area contributed by atoms with Gasteiger partial charge in [0.2, 0.25) is 0 Å². The fourth-order valence-corrected chi connectivity index (χ4v) is 20.3. The summed E-state index contributed by atoms with van der Waals surface area (Å²) >= 11 is 0. The second-order valence-corrected chi connectivity index (χ2v) is 29.0. The van der Waals surface area contributed by atoms with Gasteiger partial charge in [0.1, 0.15) is 0 Å². The third-order valence-corrected chi connectivity index (χ3v) is 24.0. The van der Waals surface area contributed by atoms with Crippen molar-refractivity contribution in [2.75, 3.05) is 29.4 Å². The molecule has 0 aromatic heterocycles. The van der Waals surface area contributed by atoms with Crippen LogP contribution in [0.4, 0.5) is 102 Å². The maximum atomic E-state index is 2.69. The topological polar surface area (TPSA) is 19.4 Å². The Hall–Kier alpha value is -11.9. The Kier molecular flexibility index (Phi) is 10.6. The Morgan fingerprint density at radius 1 is 0.222 bits per heavy atom. The molecule has 0 N–H and O–H groups in total. The molecule has 0 unspecified atom stereocenters. The number of rotatable bonds is 4. The minimum Gasteiger partial charge on any atom is -0.312 e. The highest BCUT2D eigenvalue weighted by atomic mass is 15.2. The molecule has 10 heteroatoms. The lowest BCUT2D eigenvalue weighted by Crippen LogP contribution is -2.69. The van der Waals surface area contributed by atoms with E-state index < -0.39 is 5.41 Å². The summed E-state index contributed by atoms with van der Waals surface area (Å²) in [5, 5.41) is 0. The molecule has 0 radical (unpaired) electrons. The third kappa shape index (κ3) is 6.68. The van der Waals surface area contributed by atoms with E-state index in [1.807, 2.05) is 0 Å². The van der Waals surface area contributed by atoms with E-state index in [-0.39, 0.29) is 26.9 Å². The predicted octanol–water partition coefficient (Wildman–Crippen LogP) is 14.0. The van der Waals surface area contributed by atoms with E-state index in [0.717, 1.165) is 22.7 Å². The van der Waals surface area contributed by atoms with Crippen LogP contribution in [-0.2, 0) is 5.41 Å². The molecule has 9 aliphatic rings. The van der Waals surface area contributed by atoms with Crippen LogP contribution < -0.4 is 95.0 Å². The molecule has 0 atom stereocenters. The largest absolute Gasteiger partial charge is 0.312 e. The normalized spacial score (nSPS) is 15.2. The molecule has 0 fully saturated rings. The van der Waals surface area contributed by atoms with Gasteiger partial charge in [0.25, 0.3) is 26.9 Å². The van der Waals surface area contributed by atoms with Crippen molar-refractivity contribution < 1.29 is 0 Å². The van der Waals surface area contributed by atoms with Gasteiger partial charge in [-0.3, -0.25) is 0 Å². The average molecular weight is 1260 g/mol. The summed E-state index contributed by atoms with van der Waals surface area (Å²) in [6.45, 7) is 9.68. The number of benzene rings is 14. The fraction of sp³-hybridized carbons (Fsp3) is 0.0562. The van der Waals surface area contributed by atoms with Crippen LogP contribution in [0.2, 0.25) is 0 Å². The van der Waals surface area contributed by atoms with E-state index in [9.17, 15) is 0 Å². The molecule has 99 heavy (non-hydrogen) atoms. The van der Waals surface area contributed by atoms with Gasteiger partial charge in [-0.2, -0.15) is 0 Å². The number of fused-ring (bicyclic) bond motifs is 23. The van der Waals surface area contributed by atoms with E-state index in [1.165, 1.54) is 179 Å². The quantitative estimate of drug-likeness (QED) is 0.162. The Balaban J connectivity index is 0.815. The third-order valence-electron chi connectivity index (χ3n) is 24.0. The van der Waals surface area contributed by atoms with Crippen LogP contribution >= 0.6 is 0 Å². The van der Waals surface area contributed by atoms with E-state index in [1.54, 1.807) is 0 Å². The zero-order valence-electron chi connectivity index (χ0n) is 55.2. The number of hydrogen-bond acceptors (Lipinski definition) is 6. The Morgan fingerprint density at radius 2 is 0.444 bits per heavy atom. The second-order valence-electron chi connectivity index (χ2n) is 29.0. The van der Waals surface area contributed by atoms with E-state index >= 15 is 0 Å². The maximum Gasteiger partial charge on any atom is 0.252 e. The van der Waals surface area contributed by atoms with Gasteiger partial charge in [-0.05, 0) is 210 Å². The SMILES string of the molecule is Cc1c2c3c4c5c1N(c1ccccc1)c1cc6c(cc1B5c1ccccc1N4c1ccccc1B3c1ccccc1N2c1ccccc1)-c1cc2c(cc1C6(C)C)N(c1ccccc1)c1c(C)c3c4c5c1B2c1ccccc1N5c1ccccc1B4c1ccccc1N3c1ccccc1. The van der Waals surface area contributed by atoms with Crippen molar-refractivity contribution in [1.29, 1.82) is 0 Å². The van der Waals surface area contributed by atoms with Crippen molar-refractivity contribution in [2.24, 2.45) is 0 Å². The van der Waals surface area contributed by atoms with Gasteiger partial charge in [-0.1, -0.05) is 208 Å². The van der Waals surface area contributed by atoms with Crippen molar-refractivity contribution in [1.82, 2.24) is 0 Å². The summed E-state index contributed by atoms with van der Waals surface area (Å²) < 4.78 is 0. The van der Waals surface area contributed by atoms with Crippen molar-refractivity contribution in [3.05, 3.63) is 313 Å². The summed E-state index contributed by atoms with van der Waals surface area (Å²) in [5.41, 5.74) is 45.7. The molecule has 1 aliphatic carbocycles. The molecule has 14 aromatic carbocycles. The Labute approximate surface area is 578 Å². The van der Waals surface area contributed by atoms with E-state index in [4.69, 9.17) is 0 Å². The molecule has 458 valence electrons. The van der Waals surface area contributed by atoms with Gasteiger partial charge in [-0.25, -0.2) is 0 Å². The molecule has 6 nitrogen and oxygen atoms in total. The molecule has 0 bridgehead atoms. The van der Waals surface area contributed by atoms with Crippen LogP contribution in [0.15, 0.2) is 291 Å². The van der Waals surface area contributed by atoms with Gasteiger partial charge in [0.15, 0.2) is 0 Å². The zero-order chi connectivity index (χ0) is 65.0. The van der Waals surface area contributed by atoms with E-state index in [0.29, 0.717) is 0 Å². The molecule has 0 saturated heterocycles. The first-order valence-electron chi connectivity index (χ1n) is 35.2. The monoisotopic (exact) mass is 1260 g/mol. The molecule has 0 spiro atoms. The lowest BCUT2D eigenvalue weighted by Gasteiger charge is -2.52. The first-order valence-corrected chi connectivity index (χ1v) is 35.2. The smallest absolute Gasteiger partial charge is 0.252 e. The van der Waals surface area contributed by atoms with Crippen LogP contribution in [-0.4, -0.2) is 26.9 Å². The minimum atomic E-state index is -0.425. The lowest BCUT2D eigenvalue weighted by atomic mass is 9.28. The highest BCUT2D eigenvalue weighted by Gasteiger charge is 2.56. The Morgan fingerprint density at radius 3 is 0.717 bits per heavy atom. The van der Waals surface area contributed by atoms with Crippen molar-refractivity contribution >= 4 is 195 Å². The first-order chi connectivity index (χ1) is 48.8. The molecule has 0 amide bonds. The first kappa shape index (κ1) is 54.3. The van der Waals surface area contributed by atoms with Crippen molar-refractivity contribution in [3.63, 3.8) is 0 Å². The van der Waals surface area contributed by atoms with Crippen LogP contribution in [0.25, 0.3) is 11.1 Å². The van der Waals surface area contributed by atoms with Gasteiger partial charge in [0, 0.05) is 108 Å². The minimum absolute atomic E-state index is 0.000365. The van der Waals surface area contributed by atoms with Crippen molar-refractivity contribution in [3.8, 4) is 11.1 Å². The summed E-state index contributed by atoms with van der Waals surface area (Å²) in [6.07, 6.45) is 0. The number of anilines is 18. The molecule has 0 saturated carbocycles. The van der Waals surface area contributed by atoms with Crippen LogP contribution in [0.5, 0.6) is 0 Å². The summed E-state index contributed by atoms with van der Waals surface area (Å²) in [7, 11) is 0. The molecule has 14 aromatic rings. The summed E-state index contributed by atoms with van der Waals surface area (Å²) in [6, 6.07) is 111. The van der Waals surface area contributed by atoms with Gasteiger partial charge in [0.05, 0.1) is 0 Å². The Bertz CT molecular complexity index is 5570. The maximum absolute atomic E-state index is 2.69. The predicted molar refractivity (Wildman–Crippen MR) is 420 cm³/mol.